The number of amides is 1. The van der Waals surface area contributed by atoms with E-state index in [1.54, 1.807) is 19.4 Å². The molecule has 1 N–H and O–H groups in total. The van der Waals surface area contributed by atoms with Crippen molar-refractivity contribution >= 4 is 17.7 Å². The molecule has 0 saturated carbocycles. The Labute approximate surface area is 168 Å². The molecular weight excluding hydrogens is 374 g/mol. The number of hydrogen-bond acceptors (Lipinski definition) is 6. The number of pyridine rings is 1. The lowest BCUT2D eigenvalue weighted by atomic mass is 10.1. The molecule has 0 fully saturated rings. The summed E-state index contributed by atoms with van der Waals surface area (Å²) < 4.78 is 7.06. The molecule has 0 unspecified atom stereocenters. The van der Waals surface area contributed by atoms with Crippen LogP contribution < -0.4 is 10.1 Å². The van der Waals surface area contributed by atoms with E-state index in [1.165, 1.54) is 17.3 Å². The second-order valence-electron chi connectivity index (χ2n) is 6.19. The lowest BCUT2D eigenvalue weighted by Gasteiger charge is -2.08. The second kappa shape index (κ2) is 9.36. The monoisotopic (exact) mass is 397 g/mol. The number of nitrogens with one attached hydrogen (secondary N) is 1. The third-order valence-electron chi connectivity index (χ3n) is 4.14. The predicted molar refractivity (Wildman–Crippen MR) is 109 cm³/mol. The zero-order valence-electron chi connectivity index (χ0n) is 16.2. The van der Waals surface area contributed by atoms with Crippen LogP contribution in [0.1, 0.15) is 18.1 Å². The molecule has 2 aromatic heterocycles. The fourth-order valence-electron chi connectivity index (χ4n) is 2.70. The highest BCUT2D eigenvalue weighted by Gasteiger charge is 2.14. The van der Waals surface area contributed by atoms with Gasteiger partial charge >= 0.3 is 0 Å². The highest BCUT2D eigenvalue weighted by molar-refractivity contribution is 7.99. The summed E-state index contributed by atoms with van der Waals surface area (Å²) >= 11 is 1.38. The Hall–Kier alpha value is -2.87. The quantitative estimate of drug-likeness (QED) is 0.588. The fraction of sp³-hybridized carbons (Fsp3) is 0.300. The first kappa shape index (κ1) is 19.9. The molecule has 0 radical (unpaired) electrons. The van der Waals surface area contributed by atoms with Crippen molar-refractivity contribution in [3.05, 3.63) is 53.7 Å². The third-order valence-corrected chi connectivity index (χ3v) is 5.10. The van der Waals surface area contributed by atoms with Crippen LogP contribution in [0.5, 0.6) is 5.88 Å². The normalized spacial score (nSPS) is 10.7. The van der Waals surface area contributed by atoms with E-state index in [9.17, 15) is 4.79 Å². The molecule has 1 aromatic carbocycles. The number of aromatic nitrogens is 4. The van der Waals surface area contributed by atoms with Crippen LogP contribution in [0.4, 0.5) is 0 Å². The Kier molecular flexibility index (Phi) is 6.65. The van der Waals surface area contributed by atoms with Crippen molar-refractivity contribution in [2.75, 3.05) is 12.9 Å². The molecular formula is C20H23N5O2S. The van der Waals surface area contributed by atoms with Crippen LogP contribution >= 0.6 is 11.8 Å². The summed E-state index contributed by atoms with van der Waals surface area (Å²) in [6.07, 6.45) is 1.69. The van der Waals surface area contributed by atoms with Gasteiger partial charge in [0.25, 0.3) is 0 Å². The molecule has 0 spiro atoms. The minimum Gasteiger partial charge on any atom is -0.481 e. The van der Waals surface area contributed by atoms with E-state index in [-0.39, 0.29) is 11.7 Å². The Morgan fingerprint density at radius 1 is 1.25 bits per heavy atom. The molecule has 0 aliphatic rings. The average Bonchev–Trinajstić information content (AvgIpc) is 3.14. The van der Waals surface area contributed by atoms with Crippen LogP contribution in [0.15, 0.2) is 47.8 Å². The van der Waals surface area contributed by atoms with Gasteiger partial charge in [-0.25, -0.2) is 4.98 Å². The minimum absolute atomic E-state index is 0.0661. The predicted octanol–water partition coefficient (Wildman–Crippen LogP) is 3.09. The lowest BCUT2D eigenvalue weighted by molar-refractivity contribution is -0.118. The summed E-state index contributed by atoms with van der Waals surface area (Å²) in [4.78, 5) is 16.3. The molecule has 7 nitrogen and oxygen atoms in total. The number of benzene rings is 1. The number of carbonyl (C=O) groups is 1. The number of nitrogens with zero attached hydrogens (tertiary/aromatic N) is 4. The molecule has 0 atom stereocenters. The molecule has 146 valence electrons. The van der Waals surface area contributed by atoms with E-state index in [0.717, 1.165) is 28.7 Å². The molecule has 0 bridgehead atoms. The van der Waals surface area contributed by atoms with Crippen LogP contribution in [0, 0.1) is 6.92 Å². The Balaban J connectivity index is 1.58. The maximum Gasteiger partial charge on any atom is 0.230 e. The molecule has 0 aliphatic carbocycles. The van der Waals surface area contributed by atoms with Crippen LogP contribution in [-0.2, 0) is 17.9 Å². The number of rotatable bonds is 8. The van der Waals surface area contributed by atoms with Gasteiger partial charge in [-0.15, -0.1) is 10.2 Å². The van der Waals surface area contributed by atoms with Crippen molar-refractivity contribution in [2.45, 2.75) is 32.1 Å². The van der Waals surface area contributed by atoms with Gasteiger partial charge in [0.15, 0.2) is 11.0 Å². The maximum atomic E-state index is 12.2. The first-order valence-corrected chi connectivity index (χ1v) is 9.98. The van der Waals surface area contributed by atoms with Crippen molar-refractivity contribution in [1.29, 1.82) is 0 Å². The molecule has 28 heavy (non-hydrogen) atoms. The summed E-state index contributed by atoms with van der Waals surface area (Å²) in [7, 11) is 1.57. The van der Waals surface area contributed by atoms with Gasteiger partial charge in [-0.2, -0.15) is 0 Å². The standard InChI is InChI=1S/C20H23N5O2S/c1-4-25-19(16-7-5-6-14(2)10-16)23-24-20(25)28-13-17(26)21-11-15-8-9-18(27-3)22-12-15/h5-10,12H,4,11,13H2,1-3H3,(H,21,26). The average molecular weight is 398 g/mol. The summed E-state index contributed by atoms with van der Waals surface area (Å²) in [5, 5.41) is 12.2. The van der Waals surface area contributed by atoms with Gasteiger partial charge in [0.05, 0.1) is 12.9 Å². The van der Waals surface area contributed by atoms with Crippen molar-refractivity contribution in [1.82, 2.24) is 25.1 Å². The van der Waals surface area contributed by atoms with Crippen LogP contribution in [0.3, 0.4) is 0 Å². The Morgan fingerprint density at radius 3 is 2.79 bits per heavy atom. The zero-order chi connectivity index (χ0) is 19.9. The minimum atomic E-state index is -0.0661. The zero-order valence-corrected chi connectivity index (χ0v) is 17.0. The van der Waals surface area contributed by atoms with Crippen LogP contribution in [-0.4, -0.2) is 38.5 Å². The summed E-state index contributed by atoms with van der Waals surface area (Å²) in [5.74, 6) is 1.58. The van der Waals surface area contributed by atoms with E-state index in [1.807, 2.05) is 29.7 Å². The number of hydrogen-bond donors (Lipinski definition) is 1. The van der Waals surface area contributed by atoms with E-state index in [2.05, 4.69) is 39.6 Å². The highest BCUT2D eigenvalue weighted by atomic mass is 32.2. The van der Waals surface area contributed by atoms with Gasteiger partial charge in [-0.1, -0.05) is 41.6 Å². The van der Waals surface area contributed by atoms with Crippen LogP contribution in [0.2, 0.25) is 0 Å². The van der Waals surface area contributed by atoms with E-state index in [4.69, 9.17) is 4.74 Å². The van der Waals surface area contributed by atoms with Gasteiger partial charge in [0, 0.05) is 30.9 Å². The molecule has 0 aliphatic heterocycles. The van der Waals surface area contributed by atoms with E-state index in [0.29, 0.717) is 12.4 Å². The van der Waals surface area contributed by atoms with E-state index < -0.39 is 0 Å². The molecule has 3 rings (SSSR count). The first-order chi connectivity index (χ1) is 13.6. The topological polar surface area (TPSA) is 81.9 Å². The SMILES string of the molecule is CCn1c(SCC(=O)NCc2ccc(OC)nc2)nnc1-c1cccc(C)c1. The highest BCUT2D eigenvalue weighted by Crippen LogP contribution is 2.24. The molecule has 3 aromatic rings. The molecule has 0 saturated heterocycles. The van der Waals surface area contributed by atoms with Crippen molar-refractivity contribution < 1.29 is 9.53 Å². The molecule has 1 amide bonds. The maximum absolute atomic E-state index is 12.2. The first-order valence-electron chi connectivity index (χ1n) is 8.99. The van der Waals surface area contributed by atoms with Gasteiger partial charge in [0.1, 0.15) is 0 Å². The smallest absolute Gasteiger partial charge is 0.230 e. The van der Waals surface area contributed by atoms with E-state index >= 15 is 0 Å². The molecule has 2 heterocycles. The number of thioether (sulfide) groups is 1. The Morgan fingerprint density at radius 2 is 2.11 bits per heavy atom. The second-order valence-corrected chi connectivity index (χ2v) is 7.14. The van der Waals surface area contributed by atoms with Gasteiger partial charge in [0.2, 0.25) is 11.8 Å². The summed E-state index contributed by atoms with van der Waals surface area (Å²) in [6.45, 7) is 5.25. The fourth-order valence-corrected chi connectivity index (χ4v) is 3.53. The Bertz CT molecular complexity index is 940. The molecule has 8 heteroatoms. The van der Waals surface area contributed by atoms with Crippen LogP contribution in [0.25, 0.3) is 11.4 Å². The number of aryl methyl sites for hydroxylation is 1. The summed E-state index contributed by atoms with van der Waals surface area (Å²) in [6, 6.07) is 11.8. The number of methoxy groups -OCH3 is 1. The van der Waals surface area contributed by atoms with Crippen molar-refractivity contribution in [3.8, 4) is 17.3 Å². The number of ether oxygens (including phenoxy) is 1. The third kappa shape index (κ3) is 4.89. The van der Waals surface area contributed by atoms with Crippen molar-refractivity contribution in [3.63, 3.8) is 0 Å². The van der Waals surface area contributed by atoms with Gasteiger partial charge < -0.3 is 14.6 Å². The largest absolute Gasteiger partial charge is 0.481 e. The number of carbonyl (C=O) groups excluding carboxylic acids is 1. The van der Waals surface area contributed by atoms with Crippen molar-refractivity contribution in [2.24, 2.45) is 0 Å². The lowest BCUT2D eigenvalue weighted by Crippen LogP contribution is -2.24. The summed E-state index contributed by atoms with van der Waals surface area (Å²) in [5.41, 5.74) is 3.11. The van der Waals surface area contributed by atoms with Gasteiger partial charge in [-0.05, 0) is 25.5 Å². The van der Waals surface area contributed by atoms with Gasteiger partial charge in [-0.3, -0.25) is 4.79 Å².